The van der Waals surface area contributed by atoms with Crippen molar-refractivity contribution in [1.29, 1.82) is 0 Å². The lowest BCUT2D eigenvalue weighted by Crippen LogP contribution is -2.46. The summed E-state index contributed by atoms with van der Waals surface area (Å²) in [7, 11) is 1.58. The van der Waals surface area contributed by atoms with Gasteiger partial charge < -0.3 is 4.90 Å². The number of aryl methyl sites for hydroxylation is 1. The second-order valence-corrected chi connectivity index (χ2v) is 4.85. The molecule has 1 aliphatic heterocycles. The summed E-state index contributed by atoms with van der Waals surface area (Å²) in [5.41, 5.74) is 1.80. The van der Waals surface area contributed by atoms with Gasteiger partial charge in [-0.05, 0) is 12.8 Å². The first-order chi connectivity index (χ1) is 9.52. The summed E-state index contributed by atoms with van der Waals surface area (Å²) in [6, 6.07) is 0. The van der Waals surface area contributed by atoms with E-state index in [-0.39, 0.29) is 30.0 Å². The van der Waals surface area contributed by atoms with Crippen LogP contribution in [0.3, 0.4) is 0 Å². The van der Waals surface area contributed by atoms with Gasteiger partial charge in [-0.2, -0.15) is 5.10 Å². The molecule has 1 aromatic heterocycles. The zero-order valence-electron chi connectivity index (χ0n) is 11.3. The maximum Gasteiger partial charge on any atom is 0.345 e. The number of rotatable bonds is 3. The van der Waals surface area contributed by atoms with Crippen molar-refractivity contribution in [3.05, 3.63) is 16.8 Å². The first-order valence-electron chi connectivity index (χ1n) is 6.39. The van der Waals surface area contributed by atoms with E-state index in [0.717, 1.165) is 4.68 Å². The Balaban J connectivity index is 1.91. The van der Waals surface area contributed by atoms with Gasteiger partial charge in [0.2, 0.25) is 11.8 Å². The highest BCUT2D eigenvalue weighted by atomic mass is 16.2. The highest BCUT2D eigenvalue weighted by Gasteiger charge is 2.27. The second-order valence-electron chi connectivity index (χ2n) is 4.85. The standard InChI is InChI=1S/C11H18N6O3/c1-15-7-13-17(11(15)20)6-9(18)16-4-2-8(3-5-16)10(19)14-12/h7-8H,2-6,12H2,1H3,(H,14,19). The van der Waals surface area contributed by atoms with Crippen LogP contribution in [0.2, 0.25) is 0 Å². The topological polar surface area (TPSA) is 115 Å². The van der Waals surface area contributed by atoms with Crippen molar-refractivity contribution in [2.75, 3.05) is 13.1 Å². The van der Waals surface area contributed by atoms with Crippen LogP contribution in [0.15, 0.2) is 11.1 Å². The zero-order valence-corrected chi connectivity index (χ0v) is 11.3. The predicted molar refractivity (Wildman–Crippen MR) is 69.1 cm³/mol. The van der Waals surface area contributed by atoms with Gasteiger partial charge in [-0.15, -0.1) is 0 Å². The monoisotopic (exact) mass is 282 g/mol. The van der Waals surface area contributed by atoms with Gasteiger partial charge in [0, 0.05) is 26.1 Å². The van der Waals surface area contributed by atoms with Gasteiger partial charge in [-0.3, -0.25) is 19.6 Å². The third-order valence-electron chi connectivity index (χ3n) is 3.53. The Morgan fingerprint density at radius 3 is 2.60 bits per heavy atom. The van der Waals surface area contributed by atoms with Crippen LogP contribution in [0.1, 0.15) is 12.8 Å². The molecular weight excluding hydrogens is 264 g/mol. The molecule has 110 valence electrons. The van der Waals surface area contributed by atoms with E-state index in [4.69, 9.17) is 5.84 Å². The third-order valence-corrected chi connectivity index (χ3v) is 3.53. The van der Waals surface area contributed by atoms with E-state index in [1.54, 1.807) is 11.9 Å². The second kappa shape index (κ2) is 5.87. The maximum absolute atomic E-state index is 12.1. The van der Waals surface area contributed by atoms with Crippen molar-refractivity contribution in [2.45, 2.75) is 19.4 Å². The highest BCUT2D eigenvalue weighted by molar-refractivity contribution is 5.79. The highest BCUT2D eigenvalue weighted by Crippen LogP contribution is 2.17. The molecule has 0 unspecified atom stereocenters. The SMILES string of the molecule is Cn1cnn(CC(=O)N2CCC(C(=O)NN)CC2)c1=O. The number of amides is 2. The van der Waals surface area contributed by atoms with Crippen molar-refractivity contribution < 1.29 is 9.59 Å². The van der Waals surface area contributed by atoms with Crippen LogP contribution in [0.25, 0.3) is 0 Å². The van der Waals surface area contributed by atoms with Gasteiger partial charge in [0.15, 0.2) is 0 Å². The summed E-state index contributed by atoms with van der Waals surface area (Å²) in [5.74, 6) is 4.57. The van der Waals surface area contributed by atoms with Gasteiger partial charge in [-0.25, -0.2) is 15.3 Å². The fraction of sp³-hybridized carbons (Fsp3) is 0.636. The Bertz CT molecular complexity index is 555. The number of likely N-dealkylation sites (tertiary alicyclic amines) is 1. The molecule has 9 nitrogen and oxygen atoms in total. The van der Waals surface area contributed by atoms with E-state index in [0.29, 0.717) is 25.9 Å². The smallest absolute Gasteiger partial charge is 0.341 e. The molecular formula is C11H18N6O3. The van der Waals surface area contributed by atoms with E-state index in [9.17, 15) is 14.4 Å². The fourth-order valence-electron chi connectivity index (χ4n) is 2.27. The van der Waals surface area contributed by atoms with E-state index in [2.05, 4.69) is 10.5 Å². The Morgan fingerprint density at radius 1 is 1.45 bits per heavy atom. The molecule has 2 rings (SSSR count). The number of hydrazine groups is 1. The van der Waals surface area contributed by atoms with Crippen LogP contribution in [-0.4, -0.2) is 44.2 Å². The van der Waals surface area contributed by atoms with Crippen LogP contribution >= 0.6 is 0 Å². The summed E-state index contributed by atoms with van der Waals surface area (Å²) < 4.78 is 2.44. The number of nitrogens with zero attached hydrogens (tertiary/aromatic N) is 4. The Morgan fingerprint density at radius 2 is 2.10 bits per heavy atom. The number of carbonyl (C=O) groups excluding carboxylic acids is 2. The molecule has 0 bridgehead atoms. The van der Waals surface area contributed by atoms with Crippen molar-refractivity contribution in [3.63, 3.8) is 0 Å². The number of piperidine rings is 1. The normalized spacial score (nSPS) is 16.2. The minimum Gasteiger partial charge on any atom is -0.341 e. The van der Waals surface area contributed by atoms with Crippen LogP contribution in [0.5, 0.6) is 0 Å². The molecule has 1 fully saturated rings. The van der Waals surface area contributed by atoms with Gasteiger partial charge in [0.05, 0.1) is 0 Å². The van der Waals surface area contributed by atoms with E-state index in [1.165, 1.54) is 10.9 Å². The molecule has 20 heavy (non-hydrogen) atoms. The van der Waals surface area contributed by atoms with Gasteiger partial charge >= 0.3 is 5.69 Å². The predicted octanol–water partition coefficient (Wildman–Crippen LogP) is -2.19. The Labute approximate surface area is 115 Å². The van der Waals surface area contributed by atoms with E-state index < -0.39 is 0 Å². The third kappa shape index (κ3) is 2.87. The maximum atomic E-state index is 12.1. The summed E-state index contributed by atoms with van der Waals surface area (Å²) in [6.45, 7) is 0.893. The van der Waals surface area contributed by atoms with Crippen molar-refractivity contribution in [2.24, 2.45) is 18.8 Å². The molecule has 1 aliphatic rings. The van der Waals surface area contributed by atoms with Crippen molar-refractivity contribution >= 4 is 11.8 Å². The number of carbonyl (C=O) groups is 2. The summed E-state index contributed by atoms with van der Waals surface area (Å²) in [5, 5.41) is 3.85. The molecule has 3 N–H and O–H groups in total. The van der Waals surface area contributed by atoms with E-state index in [1.807, 2.05) is 0 Å². The molecule has 0 spiro atoms. The number of hydrogen-bond donors (Lipinski definition) is 2. The average molecular weight is 282 g/mol. The summed E-state index contributed by atoms with van der Waals surface area (Å²) in [4.78, 5) is 36.7. The number of hydrogen-bond acceptors (Lipinski definition) is 5. The Hall–Kier alpha value is -2.16. The van der Waals surface area contributed by atoms with Crippen LogP contribution in [0.4, 0.5) is 0 Å². The molecule has 0 aliphatic carbocycles. The molecule has 0 aromatic carbocycles. The zero-order chi connectivity index (χ0) is 14.7. The summed E-state index contributed by atoms with van der Waals surface area (Å²) >= 11 is 0. The average Bonchev–Trinajstić information content (AvgIpc) is 2.78. The molecule has 9 heteroatoms. The summed E-state index contributed by atoms with van der Waals surface area (Å²) in [6.07, 6.45) is 2.52. The number of nitrogens with two attached hydrogens (primary N) is 1. The molecule has 0 atom stereocenters. The lowest BCUT2D eigenvalue weighted by molar-refractivity contribution is -0.136. The molecule has 2 heterocycles. The lowest BCUT2D eigenvalue weighted by atomic mass is 9.96. The van der Waals surface area contributed by atoms with Crippen LogP contribution in [-0.2, 0) is 23.2 Å². The van der Waals surface area contributed by atoms with Crippen molar-refractivity contribution in [1.82, 2.24) is 24.7 Å². The first-order valence-corrected chi connectivity index (χ1v) is 6.39. The van der Waals surface area contributed by atoms with Crippen LogP contribution in [0, 0.1) is 5.92 Å². The number of nitrogens with one attached hydrogen (secondary N) is 1. The molecule has 1 aromatic rings. The molecule has 1 saturated heterocycles. The van der Waals surface area contributed by atoms with E-state index >= 15 is 0 Å². The molecule has 0 radical (unpaired) electrons. The van der Waals surface area contributed by atoms with Gasteiger partial charge in [0.25, 0.3) is 0 Å². The largest absolute Gasteiger partial charge is 0.345 e. The van der Waals surface area contributed by atoms with Gasteiger partial charge in [-0.1, -0.05) is 0 Å². The molecule has 0 saturated carbocycles. The molecule has 2 amide bonds. The quantitative estimate of drug-likeness (QED) is 0.371. The van der Waals surface area contributed by atoms with Crippen LogP contribution < -0.4 is 17.0 Å². The minimum absolute atomic E-state index is 0.0760. The minimum atomic E-state index is -0.323. The lowest BCUT2D eigenvalue weighted by Gasteiger charge is -2.30. The fourth-order valence-corrected chi connectivity index (χ4v) is 2.27. The Kier molecular flexibility index (Phi) is 4.18. The van der Waals surface area contributed by atoms with Crippen molar-refractivity contribution in [3.8, 4) is 0 Å². The van der Waals surface area contributed by atoms with Gasteiger partial charge in [0.1, 0.15) is 12.9 Å². The number of aromatic nitrogens is 3. The first kappa shape index (κ1) is 14.3.